The third-order valence-corrected chi connectivity index (χ3v) is 4.88. The van der Waals surface area contributed by atoms with Crippen LogP contribution in [0.3, 0.4) is 0 Å². The Kier molecular flexibility index (Phi) is 5.33. The van der Waals surface area contributed by atoms with Crippen LogP contribution < -0.4 is 0 Å². The first kappa shape index (κ1) is 15.9. The van der Waals surface area contributed by atoms with Gasteiger partial charge >= 0.3 is 5.69 Å². The molecule has 0 aliphatic heterocycles. The van der Waals surface area contributed by atoms with E-state index in [4.69, 9.17) is 5.11 Å². The highest BCUT2D eigenvalue weighted by Gasteiger charge is 2.26. The molecule has 1 unspecified atom stereocenters. The quantitative estimate of drug-likeness (QED) is 0.488. The number of aliphatic hydroxyl groups excluding tert-OH is 1. The molecule has 0 aliphatic rings. The highest BCUT2D eigenvalue weighted by atomic mass is 32.2. The van der Waals surface area contributed by atoms with Gasteiger partial charge < -0.3 is 5.11 Å². The fourth-order valence-corrected chi connectivity index (χ4v) is 3.37. The molecule has 1 N–H and O–H groups in total. The highest BCUT2D eigenvalue weighted by Crippen LogP contribution is 2.35. The second kappa shape index (κ2) is 6.36. The molecule has 0 fully saturated rings. The van der Waals surface area contributed by atoms with Crippen molar-refractivity contribution in [3.05, 3.63) is 28.3 Å². The van der Waals surface area contributed by atoms with E-state index in [0.29, 0.717) is 10.6 Å². The number of hydrogen-bond donors (Lipinski definition) is 1. The molecule has 1 aromatic rings. The van der Waals surface area contributed by atoms with Crippen molar-refractivity contribution in [1.82, 2.24) is 0 Å². The molecule has 8 heteroatoms. The van der Waals surface area contributed by atoms with E-state index in [-0.39, 0.29) is 23.1 Å². The molecule has 0 radical (unpaired) electrons. The van der Waals surface area contributed by atoms with Gasteiger partial charge in [-0.2, -0.15) is 0 Å². The third kappa shape index (κ3) is 4.19. The van der Waals surface area contributed by atoms with Gasteiger partial charge in [0.05, 0.1) is 9.82 Å². The third-order valence-electron chi connectivity index (χ3n) is 2.38. The van der Waals surface area contributed by atoms with Crippen LogP contribution in [0.25, 0.3) is 0 Å². The highest BCUT2D eigenvalue weighted by molar-refractivity contribution is 7.99. The number of nitro groups is 1. The van der Waals surface area contributed by atoms with Gasteiger partial charge in [0, 0.05) is 18.6 Å². The topological polar surface area (TPSA) is 97.5 Å². The van der Waals surface area contributed by atoms with E-state index in [2.05, 4.69) is 0 Å². The summed E-state index contributed by atoms with van der Waals surface area (Å²) in [6, 6.07) is 4.23. The number of rotatable bonds is 6. The molecule has 0 spiro atoms. The summed E-state index contributed by atoms with van der Waals surface area (Å²) in [5.74, 6) is 0.455. The Morgan fingerprint density at radius 1 is 1.47 bits per heavy atom. The summed E-state index contributed by atoms with van der Waals surface area (Å²) < 4.78 is 23.1. The normalized spacial score (nSPS) is 13.2. The van der Waals surface area contributed by atoms with Crippen LogP contribution in [0.15, 0.2) is 28.0 Å². The lowest BCUT2D eigenvalue weighted by molar-refractivity contribution is -0.390. The Hall–Kier alpha value is -1.12. The molecular formula is C11H15NO5S2. The summed E-state index contributed by atoms with van der Waals surface area (Å²) in [4.78, 5) is 10.4. The minimum Gasteiger partial charge on any atom is -0.396 e. The maximum Gasteiger partial charge on any atom is 0.301 e. The van der Waals surface area contributed by atoms with Crippen molar-refractivity contribution in [3.63, 3.8) is 0 Å². The zero-order chi connectivity index (χ0) is 14.6. The van der Waals surface area contributed by atoms with Crippen LogP contribution in [-0.2, 0) is 9.84 Å². The van der Waals surface area contributed by atoms with E-state index >= 15 is 0 Å². The minimum absolute atomic E-state index is 0.0213. The number of thioether (sulfide) groups is 1. The van der Waals surface area contributed by atoms with Crippen molar-refractivity contribution in [2.75, 3.05) is 18.6 Å². The number of aliphatic hydroxyl groups is 1. The lowest BCUT2D eigenvalue weighted by Gasteiger charge is -2.09. The van der Waals surface area contributed by atoms with Crippen LogP contribution in [0.5, 0.6) is 0 Å². The molecular weight excluding hydrogens is 290 g/mol. The van der Waals surface area contributed by atoms with Crippen LogP contribution in [-0.4, -0.2) is 37.1 Å². The zero-order valence-electron chi connectivity index (χ0n) is 10.6. The van der Waals surface area contributed by atoms with Crippen LogP contribution in [0, 0.1) is 16.0 Å². The van der Waals surface area contributed by atoms with Gasteiger partial charge in [0.15, 0.2) is 9.84 Å². The zero-order valence-corrected chi connectivity index (χ0v) is 12.2. The van der Waals surface area contributed by atoms with Crippen molar-refractivity contribution in [3.8, 4) is 0 Å². The maximum atomic E-state index is 11.6. The van der Waals surface area contributed by atoms with E-state index in [1.807, 2.05) is 0 Å². The van der Waals surface area contributed by atoms with Gasteiger partial charge in [-0.15, -0.1) is 11.8 Å². The fraction of sp³-hybridized carbons (Fsp3) is 0.455. The molecule has 0 amide bonds. The molecule has 1 aromatic carbocycles. The second-order valence-electron chi connectivity index (χ2n) is 4.23. The number of para-hydroxylation sites is 1. The molecule has 1 atom stereocenters. The van der Waals surface area contributed by atoms with Crippen molar-refractivity contribution in [1.29, 1.82) is 0 Å². The summed E-state index contributed by atoms with van der Waals surface area (Å²) >= 11 is 1.17. The van der Waals surface area contributed by atoms with Crippen LogP contribution in [0.1, 0.15) is 6.92 Å². The summed E-state index contributed by atoms with van der Waals surface area (Å²) in [5.41, 5.74) is -0.389. The SMILES string of the molecule is CC(CO)CSc1cccc(S(C)(=O)=O)c1[N+](=O)[O-]. The van der Waals surface area contributed by atoms with Crippen LogP contribution in [0.4, 0.5) is 5.69 Å². The van der Waals surface area contributed by atoms with Gasteiger partial charge in [-0.25, -0.2) is 8.42 Å². The molecule has 0 bridgehead atoms. The van der Waals surface area contributed by atoms with Crippen LogP contribution in [0.2, 0.25) is 0 Å². The molecule has 1 rings (SSSR count). The predicted octanol–water partition coefficient (Wildman–Crippen LogP) is 1.72. The van der Waals surface area contributed by atoms with Crippen molar-refractivity contribution in [2.45, 2.75) is 16.7 Å². The number of nitro benzene ring substituents is 1. The molecule has 0 aromatic heterocycles. The van der Waals surface area contributed by atoms with Gasteiger partial charge in [0.1, 0.15) is 4.90 Å². The van der Waals surface area contributed by atoms with E-state index in [1.165, 1.54) is 30.0 Å². The monoisotopic (exact) mass is 305 g/mol. The first-order chi connectivity index (χ1) is 8.77. The first-order valence-electron chi connectivity index (χ1n) is 5.48. The Morgan fingerprint density at radius 3 is 2.58 bits per heavy atom. The van der Waals surface area contributed by atoms with Crippen LogP contribution >= 0.6 is 11.8 Å². The van der Waals surface area contributed by atoms with Gasteiger partial charge in [0.2, 0.25) is 0 Å². The largest absolute Gasteiger partial charge is 0.396 e. The van der Waals surface area contributed by atoms with Crippen molar-refractivity contribution < 1.29 is 18.4 Å². The molecule has 0 aliphatic carbocycles. The standard InChI is InChI=1S/C11H15NO5S2/c1-8(6-13)7-18-9-4-3-5-10(19(2,16)17)11(9)12(14)15/h3-5,8,13H,6-7H2,1-2H3. The van der Waals surface area contributed by atoms with Gasteiger partial charge in [-0.1, -0.05) is 13.0 Å². The molecule has 19 heavy (non-hydrogen) atoms. The van der Waals surface area contributed by atoms with E-state index < -0.39 is 14.8 Å². The molecule has 0 saturated heterocycles. The molecule has 106 valence electrons. The molecule has 6 nitrogen and oxygen atoms in total. The van der Waals surface area contributed by atoms with Gasteiger partial charge in [-0.3, -0.25) is 10.1 Å². The lowest BCUT2D eigenvalue weighted by Crippen LogP contribution is -2.06. The average Bonchev–Trinajstić information content (AvgIpc) is 2.34. The molecule has 0 heterocycles. The number of hydrogen-bond acceptors (Lipinski definition) is 6. The smallest absolute Gasteiger partial charge is 0.301 e. The summed E-state index contributed by atoms with van der Waals surface area (Å²) in [7, 11) is -3.65. The van der Waals surface area contributed by atoms with Gasteiger partial charge in [-0.05, 0) is 18.1 Å². The van der Waals surface area contributed by atoms with E-state index in [0.717, 1.165) is 6.26 Å². The summed E-state index contributed by atoms with van der Waals surface area (Å²) in [5, 5.41) is 20.0. The average molecular weight is 305 g/mol. The van der Waals surface area contributed by atoms with Crippen molar-refractivity contribution >= 4 is 27.3 Å². The summed E-state index contributed by atoms with van der Waals surface area (Å²) in [6.07, 6.45) is 0.945. The maximum absolute atomic E-state index is 11.6. The lowest BCUT2D eigenvalue weighted by atomic mass is 10.2. The minimum atomic E-state index is -3.65. The number of sulfone groups is 1. The number of nitrogens with zero attached hydrogens (tertiary/aromatic N) is 1. The second-order valence-corrected chi connectivity index (χ2v) is 7.28. The Morgan fingerprint density at radius 2 is 2.11 bits per heavy atom. The Labute approximate surface area is 115 Å². The van der Waals surface area contributed by atoms with Crippen molar-refractivity contribution in [2.24, 2.45) is 5.92 Å². The fourth-order valence-electron chi connectivity index (χ4n) is 1.38. The molecule has 0 saturated carbocycles. The van der Waals surface area contributed by atoms with Gasteiger partial charge in [0.25, 0.3) is 0 Å². The predicted molar refractivity (Wildman–Crippen MR) is 73.2 cm³/mol. The first-order valence-corrected chi connectivity index (χ1v) is 8.36. The Bertz CT molecular complexity index is 570. The number of benzene rings is 1. The summed E-state index contributed by atoms with van der Waals surface area (Å²) in [6.45, 7) is 1.78. The van der Waals surface area contributed by atoms with E-state index in [1.54, 1.807) is 6.92 Å². The Balaban J connectivity index is 3.22. The van der Waals surface area contributed by atoms with E-state index in [9.17, 15) is 18.5 Å².